The molecule has 0 radical (unpaired) electrons. The molecule has 1 N–H and O–H groups in total. The predicted molar refractivity (Wildman–Crippen MR) is 121 cm³/mol. The molecule has 0 aliphatic carbocycles. The summed E-state index contributed by atoms with van der Waals surface area (Å²) in [6.45, 7) is -0.210. The van der Waals surface area contributed by atoms with Crippen LogP contribution in [0.1, 0.15) is 11.1 Å². The molecule has 0 aromatic heterocycles. The summed E-state index contributed by atoms with van der Waals surface area (Å²) in [5.41, 5.74) is 1.13. The van der Waals surface area contributed by atoms with Gasteiger partial charge in [-0.3, -0.25) is 19.7 Å². The summed E-state index contributed by atoms with van der Waals surface area (Å²) in [4.78, 5) is 49.5. The Morgan fingerprint density at radius 2 is 1.88 bits per heavy atom. The molecular weight excluding hydrogens is 470 g/mol. The highest BCUT2D eigenvalue weighted by atomic mass is 35.5. The van der Waals surface area contributed by atoms with E-state index in [-0.39, 0.29) is 29.7 Å². The summed E-state index contributed by atoms with van der Waals surface area (Å²) in [5.74, 6) is -1.49. The fourth-order valence-corrected chi connectivity index (χ4v) is 5.04. The quantitative estimate of drug-likeness (QED) is 0.276. The van der Waals surface area contributed by atoms with E-state index < -0.39 is 34.3 Å². The Balaban J connectivity index is 1.38. The van der Waals surface area contributed by atoms with Crippen molar-refractivity contribution in [1.29, 1.82) is 0 Å². The first-order valence-electron chi connectivity index (χ1n) is 9.91. The number of nitro benzene ring substituents is 1. The molecule has 33 heavy (non-hydrogen) atoms. The molecule has 9 nitrogen and oxygen atoms in total. The number of halogens is 1. The number of ether oxygens (including phenoxy) is 1. The SMILES string of the molecule is O=C(Cc1ccccc1)N[C@@H]1C(=O)N2C(C(=O)OCc3cccc([N+](=O)[O-])c3)C(Cl)=CS[C@H]12. The van der Waals surface area contributed by atoms with Gasteiger partial charge in [0.2, 0.25) is 11.8 Å². The van der Waals surface area contributed by atoms with Crippen molar-refractivity contribution >= 4 is 46.8 Å². The van der Waals surface area contributed by atoms with Crippen molar-refractivity contribution in [2.24, 2.45) is 0 Å². The number of β-lactam (4-membered cyclic amide) rings is 1. The Morgan fingerprint density at radius 1 is 1.15 bits per heavy atom. The number of nitrogens with one attached hydrogen (secondary N) is 1. The van der Waals surface area contributed by atoms with Crippen LogP contribution >= 0.6 is 23.4 Å². The second-order valence-electron chi connectivity index (χ2n) is 7.42. The number of rotatable bonds is 7. The lowest BCUT2D eigenvalue weighted by Gasteiger charge is -2.50. The van der Waals surface area contributed by atoms with Gasteiger partial charge in [-0.25, -0.2) is 4.79 Å². The number of carbonyl (C=O) groups excluding carboxylic acids is 3. The van der Waals surface area contributed by atoms with Gasteiger partial charge in [0.15, 0.2) is 6.04 Å². The Labute approximate surface area is 197 Å². The Bertz CT molecular complexity index is 1140. The van der Waals surface area contributed by atoms with Gasteiger partial charge in [0.1, 0.15) is 18.0 Å². The first-order valence-corrected chi connectivity index (χ1v) is 11.2. The van der Waals surface area contributed by atoms with E-state index in [0.29, 0.717) is 5.56 Å². The lowest BCUT2D eigenvalue weighted by atomic mass is 10.0. The smallest absolute Gasteiger partial charge is 0.334 e. The minimum absolute atomic E-state index is 0.123. The van der Waals surface area contributed by atoms with Gasteiger partial charge in [0, 0.05) is 12.1 Å². The van der Waals surface area contributed by atoms with Crippen LogP contribution in [0.4, 0.5) is 5.69 Å². The zero-order valence-electron chi connectivity index (χ0n) is 17.0. The number of esters is 1. The van der Waals surface area contributed by atoms with Crippen molar-refractivity contribution in [2.75, 3.05) is 0 Å². The number of nitro groups is 1. The number of hydrogen-bond acceptors (Lipinski definition) is 7. The first-order chi connectivity index (χ1) is 15.8. The monoisotopic (exact) mass is 487 g/mol. The standard InChI is InChI=1S/C22H18ClN3O6S/c23-16-12-33-21-18(24-17(27)10-13-5-2-1-3-6-13)20(28)25(21)19(16)22(29)32-11-14-7-4-8-15(9-14)26(30)31/h1-9,12,18-19,21H,10-11H2,(H,24,27)/t18-,19?,21-/m1/s1. The molecule has 2 aromatic carbocycles. The van der Waals surface area contributed by atoms with E-state index in [4.69, 9.17) is 16.3 Å². The number of hydrogen-bond donors (Lipinski definition) is 1. The molecule has 0 spiro atoms. The lowest BCUT2D eigenvalue weighted by molar-refractivity contribution is -0.384. The number of fused-ring (bicyclic) bond motifs is 1. The maximum Gasteiger partial charge on any atom is 0.334 e. The van der Waals surface area contributed by atoms with Crippen LogP contribution in [0.2, 0.25) is 0 Å². The van der Waals surface area contributed by atoms with Crippen LogP contribution in [0.5, 0.6) is 0 Å². The van der Waals surface area contributed by atoms with Crippen molar-refractivity contribution in [1.82, 2.24) is 10.2 Å². The highest BCUT2D eigenvalue weighted by Crippen LogP contribution is 2.41. The second-order valence-corrected chi connectivity index (χ2v) is 8.85. The molecule has 1 saturated heterocycles. The molecule has 0 saturated carbocycles. The average molecular weight is 488 g/mol. The first kappa shape index (κ1) is 22.8. The zero-order chi connectivity index (χ0) is 23.5. The van der Waals surface area contributed by atoms with Crippen LogP contribution in [-0.4, -0.2) is 45.1 Å². The van der Waals surface area contributed by atoms with Crippen molar-refractivity contribution < 1.29 is 24.0 Å². The molecule has 1 fully saturated rings. The molecular formula is C22H18ClN3O6S. The van der Waals surface area contributed by atoms with Crippen molar-refractivity contribution in [2.45, 2.75) is 30.5 Å². The van der Waals surface area contributed by atoms with Gasteiger partial charge in [0.05, 0.1) is 16.4 Å². The number of nitrogens with zero attached hydrogens (tertiary/aromatic N) is 2. The van der Waals surface area contributed by atoms with Gasteiger partial charge in [-0.2, -0.15) is 0 Å². The minimum atomic E-state index is -1.13. The average Bonchev–Trinajstić information content (AvgIpc) is 2.81. The summed E-state index contributed by atoms with van der Waals surface area (Å²) >= 11 is 7.45. The molecule has 2 amide bonds. The summed E-state index contributed by atoms with van der Waals surface area (Å²) in [6.07, 6.45) is 0.132. The topological polar surface area (TPSA) is 119 Å². The van der Waals surface area contributed by atoms with Crippen LogP contribution in [0.3, 0.4) is 0 Å². The van der Waals surface area contributed by atoms with Crippen LogP contribution in [-0.2, 0) is 32.1 Å². The van der Waals surface area contributed by atoms with Gasteiger partial charge in [-0.1, -0.05) is 54.1 Å². The molecule has 2 heterocycles. The molecule has 170 valence electrons. The highest BCUT2D eigenvalue weighted by Gasteiger charge is 2.56. The zero-order valence-corrected chi connectivity index (χ0v) is 18.6. The van der Waals surface area contributed by atoms with Crippen LogP contribution in [0, 0.1) is 10.1 Å². The maximum absolute atomic E-state index is 12.8. The summed E-state index contributed by atoms with van der Waals surface area (Å²) in [6, 6.07) is 12.9. The molecule has 2 aliphatic heterocycles. The Hall–Kier alpha value is -3.37. The molecule has 2 aliphatic rings. The fraction of sp³-hybridized carbons (Fsp3) is 0.227. The third kappa shape index (κ3) is 4.86. The minimum Gasteiger partial charge on any atom is -0.459 e. The molecule has 11 heteroatoms. The number of carbonyl (C=O) groups is 3. The largest absolute Gasteiger partial charge is 0.459 e. The maximum atomic E-state index is 12.8. The van der Waals surface area contributed by atoms with E-state index in [1.165, 1.54) is 34.9 Å². The van der Waals surface area contributed by atoms with Crippen LogP contribution in [0.15, 0.2) is 65.0 Å². The van der Waals surface area contributed by atoms with Gasteiger partial charge in [0.25, 0.3) is 5.69 Å². The summed E-state index contributed by atoms with van der Waals surface area (Å²) in [5, 5.41) is 14.8. The van der Waals surface area contributed by atoms with Gasteiger partial charge in [-0.15, -0.1) is 11.8 Å². The fourth-order valence-electron chi connectivity index (χ4n) is 3.59. The van der Waals surface area contributed by atoms with Crippen molar-refractivity contribution in [3.63, 3.8) is 0 Å². The molecule has 3 atom stereocenters. The molecule has 0 bridgehead atoms. The number of benzene rings is 2. The number of amides is 2. The Kier molecular flexibility index (Phi) is 6.66. The Morgan fingerprint density at radius 3 is 2.61 bits per heavy atom. The molecule has 4 rings (SSSR count). The number of non-ortho nitro benzene ring substituents is 1. The van der Waals surface area contributed by atoms with E-state index in [1.807, 2.05) is 30.3 Å². The lowest BCUT2D eigenvalue weighted by Crippen LogP contribution is -2.73. The van der Waals surface area contributed by atoms with E-state index in [9.17, 15) is 24.5 Å². The van der Waals surface area contributed by atoms with Crippen LogP contribution in [0.25, 0.3) is 0 Å². The normalized spacial score (nSPS) is 21.4. The third-order valence-corrected chi connectivity index (χ3v) is 6.80. The van der Waals surface area contributed by atoms with E-state index >= 15 is 0 Å². The van der Waals surface area contributed by atoms with E-state index in [0.717, 1.165) is 5.56 Å². The highest BCUT2D eigenvalue weighted by molar-refractivity contribution is 8.03. The van der Waals surface area contributed by atoms with Gasteiger partial charge in [-0.05, 0) is 16.5 Å². The summed E-state index contributed by atoms with van der Waals surface area (Å²) in [7, 11) is 0. The molecule has 1 unspecified atom stereocenters. The van der Waals surface area contributed by atoms with Gasteiger partial charge < -0.3 is 15.0 Å². The van der Waals surface area contributed by atoms with Crippen LogP contribution < -0.4 is 5.32 Å². The molecule has 2 aromatic rings. The predicted octanol–water partition coefficient (Wildman–Crippen LogP) is 2.73. The number of thioether (sulfide) groups is 1. The third-order valence-electron chi connectivity index (χ3n) is 5.19. The second kappa shape index (κ2) is 9.63. The van der Waals surface area contributed by atoms with Crippen molar-refractivity contribution in [3.8, 4) is 0 Å². The van der Waals surface area contributed by atoms with Crippen molar-refractivity contribution in [3.05, 3.63) is 86.3 Å². The summed E-state index contributed by atoms with van der Waals surface area (Å²) < 4.78 is 5.29. The van der Waals surface area contributed by atoms with E-state index in [1.54, 1.807) is 11.5 Å². The van der Waals surface area contributed by atoms with Gasteiger partial charge >= 0.3 is 5.97 Å². The van der Waals surface area contributed by atoms with E-state index in [2.05, 4.69) is 5.32 Å².